The predicted octanol–water partition coefficient (Wildman–Crippen LogP) is 2.63. The number of aryl methyl sites for hydroxylation is 1. The molecule has 2 heterocycles. The van der Waals surface area contributed by atoms with Crippen LogP contribution < -0.4 is 5.73 Å². The molecule has 0 atom stereocenters. The Morgan fingerprint density at radius 3 is 2.79 bits per heavy atom. The van der Waals surface area contributed by atoms with Crippen molar-refractivity contribution in [2.75, 3.05) is 5.73 Å². The van der Waals surface area contributed by atoms with E-state index in [1.54, 1.807) is 0 Å². The molecule has 0 bridgehead atoms. The third kappa shape index (κ3) is 2.13. The first kappa shape index (κ1) is 12.3. The minimum absolute atomic E-state index is 0.552. The number of nitrogen functional groups attached to an aromatic ring is 1. The monoisotopic (exact) mass is 259 g/mol. The molecule has 0 radical (unpaired) electrons. The summed E-state index contributed by atoms with van der Waals surface area (Å²) in [5, 5.41) is 0. The molecule has 0 saturated heterocycles. The number of hydrogen-bond donors (Lipinski definition) is 1. The lowest BCUT2D eigenvalue weighted by atomic mass is 10.2. The highest BCUT2D eigenvalue weighted by Gasteiger charge is 2.27. The summed E-state index contributed by atoms with van der Waals surface area (Å²) in [6, 6.07) is 0.590. The van der Waals surface area contributed by atoms with E-state index < -0.39 is 0 Å². The second kappa shape index (κ2) is 4.40. The first-order chi connectivity index (χ1) is 9.08. The topological polar surface area (TPSA) is 61.7 Å². The molecule has 2 aromatic rings. The van der Waals surface area contributed by atoms with Gasteiger partial charge in [0.2, 0.25) is 0 Å². The molecule has 3 rings (SSSR count). The molecular formula is C14H21N5. The molecule has 5 nitrogen and oxygen atoms in total. The smallest absolute Gasteiger partial charge is 0.133 e. The van der Waals surface area contributed by atoms with Crippen LogP contribution in [0.3, 0.4) is 0 Å². The summed E-state index contributed by atoms with van der Waals surface area (Å²) in [6.45, 7) is 7.29. The number of rotatable bonds is 4. The van der Waals surface area contributed by atoms with E-state index in [-0.39, 0.29) is 0 Å². The lowest BCUT2D eigenvalue weighted by Gasteiger charge is -2.10. The second-order valence-electron chi connectivity index (χ2n) is 5.81. The van der Waals surface area contributed by atoms with Gasteiger partial charge in [0.05, 0.1) is 18.2 Å². The van der Waals surface area contributed by atoms with E-state index >= 15 is 0 Å². The van der Waals surface area contributed by atoms with E-state index in [2.05, 4.69) is 32.9 Å². The van der Waals surface area contributed by atoms with Crippen LogP contribution in [-0.2, 0) is 6.54 Å². The number of aromatic nitrogens is 4. The van der Waals surface area contributed by atoms with E-state index in [9.17, 15) is 0 Å². The van der Waals surface area contributed by atoms with Gasteiger partial charge in [-0.15, -0.1) is 0 Å². The molecule has 0 aliphatic heterocycles. The summed E-state index contributed by atoms with van der Waals surface area (Å²) < 4.78 is 4.31. The minimum atomic E-state index is 0.552. The van der Waals surface area contributed by atoms with Crippen molar-refractivity contribution in [3.63, 3.8) is 0 Å². The molecule has 0 spiro atoms. The fourth-order valence-corrected chi connectivity index (χ4v) is 2.50. The largest absolute Gasteiger partial charge is 0.383 e. The Bertz CT molecular complexity index is 589. The molecule has 2 aromatic heterocycles. The van der Waals surface area contributed by atoms with Crippen molar-refractivity contribution >= 4 is 5.82 Å². The normalized spacial score (nSPS) is 15.4. The Morgan fingerprint density at radius 1 is 1.42 bits per heavy atom. The van der Waals surface area contributed by atoms with Crippen LogP contribution >= 0.6 is 0 Å². The average molecular weight is 259 g/mol. The Labute approximate surface area is 113 Å². The van der Waals surface area contributed by atoms with Gasteiger partial charge in [0.25, 0.3) is 0 Å². The van der Waals surface area contributed by atoms with Crippen LogP contribution in [0.4, 0.5) is 5.82 Å². The van der Waals surface area contributed by atoms with E-state index in [0.717, 1.165) is 29.6 Å². The maximum Gasteiger partial charge on any atom is 0.133 e. The summed E-state index contributed by atoms with van der Waals surface area (Å²) >= 11 is 0. The molecule has 19 heavy (non-hydrogen) atoms. The Balaban J connectivity index is 2.03. The number of anilines is 1. The van der Waals surface area contributed by atoms with Crippen molar-refractivity contribution in [1.82, 2.24) is 19.1 Å². The van der Waals surface area contributed by atoms with Gasteiger partial charge in [-0.3, -0.25) is 0 Å². The van der Waals surface area contributed by atoms with Gasteiger partial charge >= 0.3 is 0 Å². The molecule has 2 N–H and O–H groups in total. The molecule has 0 unspecified atom stereocenters. The van der Waals surface area contributed by atoms with Crippen LogP contribution in [0.1, 0.15) is 38.6 Å². The molecule has 5 heteroatoms. The van der Waals surface area contributed by atoms with Gasteiger partial charge in [-0.2, -0.15) is 0 Å². The van der Waals surface area contributed by atoms with Crippen molar-refractivity contribution in [1.29, 1.82) is 0 Å². The molecule has 1 aliphatic carbocycles. The molecule has 1 fully saturated rings. The quantitative estimate of drug-likeness (QED) is 0.918. The lowest BCUT2D eigenvalue weighted by molar-refractivity contribution is 0.518. The summed E-state index contributed by atoms with van der Waals surface area (Å²) in [6.07, 6.45) is 6.23. The Hall–Kier alpha value is -1.78. The van der Waals surface area contributed by atoms with Crippen LogP contribution in [0.2, 0.25) is 0 Å². The molecule has 1 saturated carbocycles. The summed E-state index contributed by atoms with van der Waals surface area (Å²) in [5.41, 5.74) is 8.22. The SMILES string of the molecule is Cc1nc(-c2cncn2C2CC2)c(N)n1CC(C)C. The van der Waals surface area contributed by atoms with Gasteiger partial charge in [-0.05, 0) is 25.7 Å². The van der Waals surface area contributed by atoms with Crippen LogP contribution in [0, 0.1) is 12.8 Å². The van der Waals surface area contributed by atoms with Gasteiger partial charge in [0, 0.05) is 12.6 Å². The minimum Gasteiger partial charge on any atom is -0.383 e. The van der Waals surface area contributed by atoms with Crippen molar-refractivity contribution < 1.29 is 0 Å². The molecule has 0 aromatic carbocycles. The maximum atomic E-state index is 6.29. The van der Waals surface area contributed by atoms with Gasteiger partial charge in [0.1, 0.15) is 17.3 Å². The standard InChI is InChI=1S/C14H21N5/c1-9(2)7-18-10(3)17-13(14(18)15)12-6-16-8-19(12)11-4-5-11/h6,8-9,11H,4-5,7,15H2,1-3H3. The van der Waals surface area contributed by atoms with Crippen LogP contribution in [0.25, 0.3) is 11.4 Å². The van der Waals surface area contributed by atoms with Crippen LogP contribution in [0.5, 0.6) is 0 Å². The first-order valence-corrected chi connectivity index (χ1v) is 6.92. The highest BCUT2D eigenvalue weighted by Crippen LogP contribution is 2.39. The molecule has 0 amide bonds. The van der Waals surface area contributed by atoms with E-state index in [1.807, 2.05) is 19.4 Å². The predicted molar refractivity (Wildman–Crippen MR) is 75.7 cm³/mol. The van der Waals surface area contributed by atoms with Crippen molar-refractivity contribution in [2.45, 2.75) is 46.2 Å². The van der Waals surface area contributed by atoms with E-state index in [4.69, 9.17) is 5.73 Å². The molecular weight excluding hydrogens is 238 g/mol. The second-order valence-corrected chi connectivity index (χ2v) is 5.81. The van der Waals surface area contributed by atoms with Crippen molar-refractivity contribution in [3.05, 3.63) is 18.3 Å². The van der Waals surface area contributed by atoms with E-state index in [0.29, 0.717) is 12.0 Å². The third-order valence-electron chi connectivity index (χ3n) is 3.59. The number of nitrogens with zero attached hydrogens (tertiary/aromatic N) is 4. The number of nitrogens with two attached hydrogens (primary N) is 1. The van der Waals surface area contributed by atoms with E-state index in [1.165, 1.54) is 12.8 Å². The van der Waals surface area contributed by atoms with Gasteiger partial charge in [-0.25, -0.2) is 9.97 Å². The molecule has 1 aliphatic rings. The summed E-state index contributed by atoms with van der Waals surface area (Å²) in [7, 11) is 0. The zero-order valence-electron chi connectivity index (χ0n) is 11.8. The fourth-order valence-electron chi connectivity index (χ4n) is 2.50. The van der Waals surface area contributed by atoms with Gasteiger partial charge < -0.3 is 14.9 Å². The van der Waals surface area contributed by atoms with Gasteiger partial charge in [-0.1, -0.05) is 13.8 Å². The van der Waals surface area contributed by atoms with Gasteiger partial charge in [0.15, 0.2) is 0 Å². The Morgan fingerprint density at radius 2 is 2.16 bits per heavy atom. The number of hydrogen-bond acceptors (Lipinski definition) is 3. The maximum absolute atomic E-state index is 6.29. The highest BCUT2D eigenvalue weighted by molar-refractivity contribution is 5.68. The zero-order valence-corrected chi connectivity index (χ0v) is 11.8. The van der Waals surface area contributed by atoms with Crippen molar-refractivity contribution in [3.8, 4) is 11.4 Å². The highest BCUT2D eigenvalue weighted by atomic mass is 15.2. The number of imidazole rings is 2. The Kier molecular flexibility index (Phi) is 2.84. The summed E-state index contributed by atoms with van der Waals surface area (Å²) in [4.78, 5) is 8.91. The summed E-state index contributed by atoms with van der Waals surface area (Å²) in [5.74, 6) is 2.29. The zero-order chi connectivity index (χ0) is 13.6. The van der Waals surface area contributed by atoms with Crippen LogP contribution in [0.15, 0.2) is 12.5 Å². The lowest BCUT2D eigenvalue weighted by Crippen LogP contribution is -2.09. The fraction of sp³-hybridized carbons (Fsp3) is 0.571. The third-order valence-corrected chi connectivity index (χ3v) is 3.59. The first-order valence-electron chi connectivity index (χ1n) is 6.92. The molecule has 102 valence electrons. The van der Waals surface area contributed by atoms with Crippen LogP contribution in [-0.4, -0.2) is 19.1 Å². The van der Waals surface area contributed by atoms with Crippen molar-refractivity contribution in [2.24, 2.45) is 5.92 Å². The average Bonchev–Trinajstić information content (AvgIpc) is 3.03.